The molecule has 1 atom stereocenters. The van der Waals surface area contributed by atoms with Crippen molar-refractivity contribution in [3.8, 4) is 5.75 Å². The highest BCUT2D eigenvalue weighted by molar-refractivity contribution is 5.35. The van der Waals surface area contributed by atoms with Gasteiger partial charge in [0, 0.05) is 11.6 Å². The maximum Gasteiger partial charge on any atom is 0.124 e. The van der Waals surface area contributed by atoms with Gasteiger partial charge in [-0.2, -0.15) is 0 Å². The van der Waals surface area contributed by atoms with Crippen LogP contribution in [0.2, 0.25) is 0 Å². The lowest BCUT2D eigenvalue weighted by Gasteiger charge is -2.53. The predicted octanol–water partition coefficient (Wildman–Crippen LogP) is 3.91. The molecule has 4 aliphatic rings. The van der Waals surface area contributed by atoms with Crippen molar-refractivity contribution in [3.05, 3.63) is 29.8 Å². The van der Waals surface area contributed by atoms with Gasteiger partial charge in [-0.1, -0.05) is 18.2 Å². The zero-order chi connectivity index (χ0) is 13.7. The Balaban J connectivity index is 1.58. The Morgan fingerprint density at radius 3 is 2.20 bits per heavy atom. The van der Waals surface area contributed by atoms with Gasteiger partial charge in [0.2, 0.25) is 0 Å². The standard InChI is InChI=1S/C18H25NO/c1-11(19)16-4-2-3-5-17(16)20-18-14-7-12-6-13(9-14)10-15(18)8-12/h2-5,11-15,18H,6-10,19H2,1H3. The lowest BCUT2D eigenvalue weighted by atomic mass is 9.55. The fourth-order valence-electron chi connectivity index (χ4n) is 5.18. The molecule has 0 radical (unpaired) electrons. The zero-order valence-electron chi connectivity index (χ0n) is 12.3. The summed E-state index contributed by atoms with van der Waals surface area (Å²) in [5, 5.41) is 0. The normalized spacial score (nSPS) is 39.8. The molecular weight excluding hydrogens is 246 g/mol. The van der Waals surface area contributed by atoms with Crippen LogP contribution >= 0.6 is 0 Å². The van der Waals surface area contributed by atoms with Crippen LogP contribution in [0.15, 0.2) is 24.3 Å². The van der Waals surface area contributed by atoms with E-state index in [9.17, 15) is 0 Å². The first-order valence-electron chi connectivity index (χ1n) is 8.22. The third kappa shape index (κ3) is 2.05. The number of hydrogen-bond donors (Lipinski definition) is 1. The molecule has 0 saturated heterocycles. The number of ether oxygens (including phenoxy) is 1. The van der Waals surface area contributed by atoms with E-state index in [1.807, 2.05) is 6.92 Å². The van der Waals surface area contributed by atoms with Gasteiger partial charge in [-0.3, -0.25) is 0 Å². The predicted molar refractivity (Wildman–Crippen MR) is 80.5 cm³/mol. The van der Waals surface area contributed by atoms with Crippen molar-refractivity contribution in [2.24, 2.45) is 29.4 Å². The molecule has 2 nitrogen and oxygen atoms in total. The van der Waals surface area contributed by atoms with Crippen LogP contribution in [-0.4, -0.2) is 6.10 Å². The molecule has 0 aliphatic heterocycles. The van der Waals surface area contributed by atoms with Gasteiger partial charge in [0.1, 0.15) is 11.9 Å². The van der Waals surface area contributed by atoms with Crippen molar-refractivity contribution in [2.45, 2.75) is 51.2 Å². The molecule has 108 valence electrons. The monoisotopic (exact) mass is 271 g/mol. The lowest BCUT2D eigenvalue weighted by molar-refractivity contribution is -0.0793. The van der Waals surface area contributed by atoms with Gasteiger partial charge in [0.25, 0.3) is 0 Å². The molecule has 0 aromatic heterocycles. The minimum atomic E-state index is 0.0445. The van der Waals surface area contributed by atoms with E-state index in [4.69, 9.17) is 10.5 Å². The van der Waals surface area contributed by atoms with E-state index in [-0.39, 0.29) is 6.04 Å². The molecule has 4 bridgehead atoms. The van der Waals surface area contributed by atoms with E-state index < -0.39 is 0 Å². The van der Waals surface area contributed by atoms with E-state index in [1.54, 1.807) is 0 Å². The summed E-state index contributed by atoms with van der Waals surface area (Å²) in [7, 11) is 0. The van der Waals surface area contributed by atoms with Crippen LogP contribution in [-0.2, 0) is 0 Å². The Morgan fingerprint density at radius 1 is 1.00 bits per heavy atom. The van der Waals surface area contributed by atoms with Crippen molar-refractivity contribution in [2.75, 3.05) is 0 Å². The van der Waals surface area contributed by atoms with Gasteiger partial charge < -0.3 is 10.5 Å². The Morgan fingerprint density at radius 2 is 1.60 bits per heavy atom. The van der Waals surface area contributed by atoms with Crippen LogP contribution in [0, 0.1) is 23.7 Å². The number of para-hydroxylation sites is 1. The lowest BCUT2D eigenvalue weighted by Crippen LogP contribution is -2.50. The Bertz CT molecular complexity index is 468. The van der Waals surface area contributed by atoms with Crippen molar-refractivity contribution >= 4 is 0 Å². The molecule has 1 aromatic carbocycles. The molecule has 20 heavy (non-hydrogen) atoms. The average molecular weight is 271 g/mol. The molecule has 4 fully saturated rings. The van der Waals surface area contributed by atoms with Crippen LogP contribution < -0.4 is 10.5 Å². The number of hydrogen-bond acceptors (Lipinski definition) is 2. The average Bonchev–Trinajstić information content (AvgIpc) is 2.42. The molecule has 2 heteroatoms. The largest absolute Gasteiger partial charge is 0.490 e. The van der Waals surface area contributed by atoms with Crippen molar-refractivity contribution < 1.29 is 4.74 Å². The van der Waals surface area contributed by atoms with Crippen LogP contribution in [0.25, 0.3) is 0 Å². The molecule has 2 N–H and O–H groups in total. The second kappa shape index (κ2) is 4.77. The minimum Gasteiger partial charge on any atom is -0.490 e. The molecule has 1 aromatic rings. The van der Waals surface area contributed by atoms with Crippen LogP contribution in [0.4, 0.5) is 0 Å². The molecule has 0 spiro atoms. The van der Waals surface area contributed by atoms with Gasteiger partial charge >= 0.3 is 0 Å². The van der Waals surface area contributed by atoms with E-state index in [0.717, 1.165) is 35.0 Å². The first-order chi connectivity index (χ1) is 9.70. The summed E-state index contributed by atoms with van der Waals surface area (Å²) in [6.07, 6.45) is 7.55. The zero-order valence-corrected chi connectivity index (χ0v) is 12.3. The van der Waals surface area contributed by atoms with E-state index in [1.165, 1.54) is 32.1 Å². The summed E-state index contributed by atoms with van der Waals surface area (Å²) in [4.78, 5) is 0. The third-order valence-electron chi connectivity index (χ3n) is 5.81. The highest BCUT2D eigenvalue weighted by Gasteiger charge is 2.49. The molecular formula is C18H25NO. The van der Waals surface area contributed by atoms with E-state index >= 15 is 0 Å². The SMILES string of the molecule is CC(N)c1ccccc1OC1C2CC3CC(C2)CC1C3. The molecule has 4 saturated carbocycles. The smallest absolute Gasteiger partial charge is 0.124 e. The fraction of sp³-hybridized carbons (Fsp3) is 0.667. The van der Waals surface area contributed by atoms with Gasteiger partial charge in [0.15, 0.2) is 0 Å². The highest BCUT2D eigenvalue weighted by atomic mass is 16.5. The third-order valence-corrected chi connectivity index (χ3v) is 5.81. The van der Waals surface area contributed by atoms with Gasteiger partial charge in [-0.25, -0.2) is 0 Å². The van der Waals surface area contributed by atoms with Crippen LogP contribution in [0.1, 0.15) is 50.6 Å². The Hall–Kier alpha value is -1.02. The molecule has 5 rings (SSSR count). The maximum absolute atomic E-state index is 6.50. The summed E-state index contributed by atoms with van der Waals surface area (Å²) in [5.74, 6) is 4.63. The summed E-state index contributed by atoms with van der Waals surface area (Å²) < 4.78 is 6.50. The van der Waals surface area contributed by atoms with Crippen molar-refractivity contribution in [1.29, 1.82) is 0 Å². The quantitative estimate of drug-likeness (QED) is 0.904. The van der Waals surface area contributed by atoms with Gasteiger partial charge in [0.05, 0.1) is 0 Å². The van der Waals surface area contributed by atoms with E-state index in [0.29, 0.717) is 6.10 Å². The highest BCUT2D eigenvalue weighted by Crippen LogP contribution is 2.54. The summed E-state index contributed by atoms with van der Waals surface area (Å²) in [6.45, 7) is 2.04. The Kier molecular flexibility index (Phi) is 3.03. The maximum atomic E-state index is 6.50. The number of benzene rings is 1. The molecule has 0 heterocycles. The minimum absolute atomic E-state index is 0.0445. The van der Waals surface area contributed by atoms with Gasteiger partial charge in [-0.05, 0) is 68.8 Å². The van der Waals surface area contributed by atoms with Crippen LogP contribution in [0.5, 0.6) is 5.75 Å². The van der Waals surface area contributed by atoms with Crippen LogP contribution in [0.3, 0.4) is 0 Å². The first-order valence-corrected chi connectivity index (χ1v) is 8.22. The number of rotatable bonds is 3. The van der Waals surface area contributed by atoms with E-state index in [2.05, 4.69) is 24.3 Å². The second-order valence-electron chi connectivity index (χ2n) is 7.34. The fourth-order valence-corrected chi connectivity index (χ4v) is 5.18. The second-order valence-corrected chi connectivity index (χ2v) is 7.34. The topological polar surface area (TPSA) is 35.2 Å². The summed E-state index contributed by atoms with van der Waals surface area (Å²) in [5.41, 5.74) is 7.24. The first kappa shape index (κ1) is 12.7. The van der Waals surface area contributed by atoms with Gasteiger partial charge in [-0.15, -0.1) is 0 Å². The summed E-state index contributed by atoms with van der Waals surface area (Å²) in [6, 6.07) is 8.38. The number of nitrogens with two attached hydrogens (primary N) is 1. The summed E-state index contributed by atoms with van der Waals surface area (Å²) >= 11 is 0. The molecule has 1 unspecified atom stereocenters. The Labute approximate surface area is 121 Å². The van der Waals surface area contributed by atoms with Crippen molar-refractivity contribution in [3.63, 3.8) is 0 Å². The molecule has 4 aliphatic carbocycles. The van der Waals surface area contributed by atoms with Crippen molar-refractivity contribution in [1.82, 2.24) is 0 Å². The molecule has 0 amide bonds.